The number of amides is 1. The van der Waals surface area contributed by atoms with Crippen molar-refractivity contribution in [3.63, 3.8) is 0 Å². The van der Waals surface area contributed by atoms with E-state index in [2.05, 4.69) is 22.4 Å². The van der Waals surface area contributed by atoms with Crippen LogP contribution < -0.4 is 11.1 Å². The number of hydrogen-bond acceptors (Lipinski definition) is 3. The monoisotopic (exact) mass is 196 g/mol. The predicted molar refractivity (Wildman–Crippen MR) is 54.7 cm³/mol. The minimum atomic E-state index is -0.432. The molecule has 78 valence electrons. The predicted octanol–water partition coefficient (Wildman–Crippen LogP) is 0.866. The molecule has 0 aliphatic heterocycles. The first kappa shape index (κ1) is 10.7. The Bertz CT molecular complexity index is 270. The average molecular weight is 196 g/mol. The second-order valence-corrected chi connectivity index (χ2v) is 3.21. The van der Waals surface area contributed by atoms with Gasteiger partial charge in [-0.1, -0.05) is 19.8 Å². The maximum absolute atomic E-state index is 11.4. The molecular weight excluding hydrogens is 180 g/mol. The lowest BCUT2D eigenvalue weighted by molar-refractivity contribution is -0.117. The van der Waals surface area contributed by atoms with Crippen molar-refractivity contribution >= 4 is 11.7 Å². The topological polar surface area (TPSA) is 83.8 Å². The van der Waals surface area contributed by atoms with E-state index in [1.54, 1.807) is 12.3 Å². The lowest BCUT2D eigenvalue weighted by atomic mass is 10.1. The minimum Gasteiger partial charge on any atom is -0.320 e. The van der Waals surface area contributed by atoms with Gasteiger partial charge in [-0.05, 0) is 6.42 Å². The van der Waals surface area contributed by atoms with Gasteiger partial charge >= 0.3 is 0 Å². The van der Waals surface area contributed by atoms with Gasteiger partial charge in [0, 0.05) is 6.07 Å². The van der Waals surface area contributed by atoms with Gasteiger partial charge < -0.3 is 11.1 Å². The molecule has 1 aromatic rings. The van der Waals surface area contributed by atoms with Crippen LogP contribution in [0.2, 0.25) is 0 Å². The van der Waals surface area contributed by atoms with Crippen LogP contribution in [0.3, 0.4) is 0 Å². The zero-order chi connectivity index (χ0) is 10.4. The Labute approximate surface area is 83.1 Å². The van der Waals surface area contributed by atoms with Gasteiger partial charge in [-0.25, -0.2) is 0 Å². The third-order valence-corrected chi connectivity index (χ3v) is 1.96. The highest BCUT2D eigenvalue weighted by Gasteiger charge is 2.12. The lowest BCUT2D eigenvalue weighted by Gasteiger charge is -2.09. The van der Waals surface area contributed by atoms with Crippen LogP contribution in [0.5, 0.6) is 0 Å². The van der Waals surface area contributed by atoms with Crippen LogP contribution in [0.4, 0.5) is 5.82 Å². The number of carbonyl (C=O) groups excluding carboxylic acids is 1. The molecule has 1 aromatic heterocycles. The van der Waals surface area contributed by atoms with E-state index in [0.717, 1.165) is 19.3 Å². The maximum Gasteiger partial charge on any atom is 0.242 e. The molecule has 1 heterocycles. The van der Waals surface area contributed by atoms with Crippen molar-refractivity contribution in [2.45, 2.75) is 32.2 Å². The maximum atomic E-state index is 11.4. The normalized spacial score (nSPS) is 12.4. The van der Waals surface area contributed by atoms with Crippen molar-refractivity contribution in [3.8, 4) is 0 Å². The van der Waals surface area contributed by atoms with E-state index in [1.165, 1.54) is 0 Å². The number of nitrogens with zero attached hydrogens (tertiary/aromatic N) is 1. The molecule has 1 rings (SSSR count). The number of hydrogen-bond donors (Lipinski definition) is 3. The lowest BCUT2D eigenvalue weighted by Crippen LogP contribution is -2.35. The zero-order valence-corrected chi connectivity index (χ0v) is 8.29. The Kier molecular flexibility index (Phi) is 4.12. The summed E-state index contributed by atoms with van der Waals surface area (Å²) in [5, 5.41) is 9.01. The summed E-state index contributed by atoms with van der Waals surface area (Å²) in [6.07, 6.45) is 4.31. The number of aromatic amines is 1. The number of anilines is 1. The minimum absolute atomic E-state index is 0.164. The number of carbonyl (C=O) groups is 1. The van der Waals surface area contributed by atoms with Gasteiger partial charge in [0.2, 0.25) is 5.91 Å². The molecule has 1 unspecified atom stereocenters. The second kappa shape index (κ2) is 5.39. The van der Waals surface area contributed by atoms with E-state index in [0.29, 0.717) is 5.82 Å². The molecule has 0 aliphatic carbocycles. The summed E-state index contributed by atoms with van der Waals surface area (Å²) in [6, 6.07) is 1.25. The summed E-state index contributed by atoms with van der Waals surface area (Å²) in [5.74, 6) is 0.421. The van der Waals surface area contributed by atoms with Crippen molar-refractivity contribution in [2.75, 3.05) is 5.32 Å². The van der Waals surface area contributed by atoms with Gasteiger partial charge in [0.25, 0.3) is 0 Å². The summed E-state index contributed by atoms with van der Waals surface area (Å²) >= 11 is 0. The van der Waals surface area contributed by atoms with Gasteiger partial charge in [0.05, 0.1) is 12.2 Å². The van der Waals surface area contributed by atoms with E-state index >= 15 is 0 Å². The Balaban J connectivity index is 2.34. The fraction of sp³-hybridized carbons (Fsp3) is 0.556. The van der Waals surface area contributed by atoms with E-state index in [1.807, 2.05) is 0 Å². The molecular formula is C9H16N4O. The van der Waals surface area contributed by atoms with Crippen LogP contribution in [0.1, 0.15) is 26.2 Å². The quantitative estimate of drug-likeness (QED) is 0.653. The number of nitrogens with two attached hydrogens (primary N) is 1. The van der Waals surface area contributed by atoms with Gasteiger partial charge in [0.15, 0.2) is 0 Å². The molecule has 0 saturated heterocycles. The van der Waals surface area contributed by atoms with Crippen molar-refractivity contribution in [3.05, 3.63) is 12.3 Å². The largest absolute Gasteiger partial charge is 0.320 e. The Morgan fingerprint density at radius 3 is 3.14 bits per heavy atom. The molecule has 1 amide bonds. The molecule has 0 fully saturated rings. The van der Waals surface area contributed by atoms with E-state index in [-0.39, 0.29) is 5.91 Å². The van der Waals surface area contributed by atoms with Crippen LogP contribution in [-0.4, -0.2) is 22.1 Å². The third-order valence-electron chi connectivity index (χ3n) is 1.96. The molecule has 5 heteroatoms. The third kappa shape index (κ3) is 3.18. The highest BCUT2D eigenvalue weighted by atomic mass is 16.2. The first-order chi connectivity index (χ1) is 6.74. The fourth-order valence-electron chi connectivity index (χ4n) is 1.11. The second-order valence-electron chi connectivity index (χ2n) is 3.21. The summed E-state index contributed by atoms with van der Waals surface area (Å²) in [4.78, 5) is 11.4. The fourth-order valence-corrected chi connectivity index (χ4v) is 1.11. The highest BCUT2D eigenvalue weighted by molar-refractivity contribution is 5.93. The van der Waals surface area contributed by atoms with Gasteiger partial charge in [-0.15, -0.1) is 0 Å². The SMILES string of the molecule is CCCCC(N)C(=O)Nc1ccn[nH]1. The van der Waals surface area contributed by atoms with Crippen molar-refractivity contribution in [1.82, 2.24) is 10.2 Å². The number of rotatable bonds is 5. The molecule has 0 aliphatic rings. The average Bonchev–Trinajstić information content (AvgIpc) is 2.66. The molecule has 14 heavy (non-hydrogen) atoms. The molecule has 0 radical (unpaired) electrons. The first-order valence-corrected chi connectivity index (χ1v) is 4.80. The van der Waals surface area contributed by atoms with E-state index in [9.17, 15) is 4.79 Å². The summed E-state index contributed by atoms with van der Waals surface area (Å²) in [6.45, 7) is 2.07. The Morgan fingerprint density at radius 2 is 2.57 bits per heavy atom. The van der Waals surface area contributed by atoms with Gasteiger partial charge in [-0.3, -0.25) is 9.89 Å². The smallest absolute Gasteiger partial charge is 0.242 e. The summed E-state index contributed by atoms with van der Waals surface area (Å²) < 4.78 is 0. The van der Waals surface area contributed by atoms with Gasteiger partial charge in [0.1, 0.15) is 5.82 Å². The molecule has 0 bridgehead atoms. The molecule has 0 saturated carbocycles. The number of unbranched alkanes of at least 4 members (excludes halogenated alkanes) is 1. The molecule has 0 spiro atoms. The Hall–Kier alpha value is -1.36. The van der Waals surface area contributed by atoms with E-state index < -0.39 is 6.04 Å². The van der Waals surface area contributed by atoms with Crippen LogP contribution in [0.15, 0.2) is 12.3 Å². The van der Waals surface area contributed by atoms with Crippen molar-refractivity contribution in [1.29, 1.82) is 0 Å². The zero-order valence-electron chi connectivity index (χ0n) is 8.29. The van der Waals surface area contributed by atoms with Crippen molar-refractivity contribution < 1.29 is 4.79 Å². The first-order valence-electron chi connectivity index (χ1n) is 4.80. The van der Waals surface area contributed by atoms with Crippen LogP contribution in [-0.2, 0) is 4.79 Å². The molecule has 5 nitrogen and oxygen atoms in total. The standard InChI is InChI=1S/C9H16N4O/c1-2-3-4-7(10)9(14)12-8-5-6-11-13-8/h5-7H,2-4,10H2,1H3,(H2,11,12,13,14). The van der Waals surface area contributed by atoms with Gasteiger partial charge in [-0.2, -0.15) is 5.10 Å². The number of aromatic nitrogens is 2. The summed E-state index contributed by atoms with van der Waals surface area (Å²) in [7, 11) is 0. The van der Waals surface area contributed by atoms with Crippen LogP contribution in [0, 0.1) is 0 Å². The number of nitrogens with one attached hydrogen (secondary N) is 2. The molecule has 0 aromatic carbocycles. The van der Waals surface area contributed by atoms with Crippen molar-refractivity contribution in [2.24, 2.45) is 5.73 Å². The summed E-state index contributed by atoms with van der Waals surface area (Å²) in [5.41, 5.74) is 5.67. The van der Waals surface area contributed by atoms with Crippen LogP contribution in [0.25, 0.3) is 0 Å². The molecule has 1 atom stereocenters. The van der Waals surface area contributed by atoms with Crippen LogP contribution >= 0.6 is 0 Å². The Morgan fingerprint density at radius 1 is 1.79 bits per heavy atom. The number of H-pyrrole nitrogens is 1. The molecule has 4 N–H and O–H groups in total. The van der Waals surface area contributed by atoms with E-state index in [4.69, 9.17) is 5.73 Å². The highest BCUT2D eigenvalue weighted by Crippen LogP contribution is 2.03.